The van der Waals surface area contributed by atoms with E-state index in [0.717, 1.165) is 18.9 Å². The van der Waals surface area contributed by atoms with Gasteiger partial charge in [0.25, 0.3) is 0 Å². The highest BCUT2D eigenvalue weighted by atomic mass is 16.6. The molecule has 0 aromatic heterocycles. The van der Waals surface area contributed by atoms with Crippen LogP contribution >= 0.6 is 0 Å². The largest absolute Gasteiger partial charge is 0.485 e. The first-order chi connectivity index (χ1) is 8.24. The number of hydrogen-bond donors (Lipinski definition) is 1. The summed E-state index contributed by atoms with van der Waals surface area (Å²) in [5.41, 5.74) is 0. The second kappa shape index (κ2) is 3.46. The van der Waals surface area contributed by atoms with Crippen molar-refractivity contribution in [1.29, 1.82) is 0 Å². The third-order valence-corrected chi connectivity index (χ3v) is 2.40. The number of ether oxygens (including phenoxy) is 2. The summed E-state index contributed by atoms with van der Waals surface area (Å²) in [6.07, 6.45) is -0.235. The van der Waals surface area contributed by atoms with Gasteiger partial charge in [-0.25, -0.2) is 0 Å². The van der Waals surface area contributed by atoms with Crippen molar-refractivity contribution in [3.8, 4) is 11.5 Å². The molecule has 0 fully saturated rings. The number of nitrogens with zero attached hydrogens (tertiary/aromatic N) is 1. The van der Waals surface area contributed by atoms with Gasteiger partial charge in [-0.15, -0.1) is 0 Å². The summed E-state index contributed by atoms with van der Waals surface area (Å²) < 4.78 is 26.3. The minimum absolute atomic E-state index is 0.134. The Morgan fingerprint density at radius 3 is 3.07 bits per heavy atom. The SMILES string of the molecule is [2H]c1cc2c(cc1[2H])O[C@@H](C1=NCCN1)CO2. The third-order valence-electron chi connectivity index (χ3n) is 2.40. The fraction of sp³-hybridized carbons (Fsp3) is 0.364. The highest BCUT2D eigenvalue weighted by Gasteiger charge is 2.26. The molecule has 0 saturated heterocycles. The van der Waals surface area contributed by atoms with Crippen LogP contribution in [0.4, 0.5) is 0 Å². The van der Waals surface area contributed by atoms with E-state index >= 15 is 0 Å². The number of hydrogen-bond acceptors (Lipinski definition) is 4. The van der Waals surface area contributed by atoms with Crippen LogP contribution in [0, 0.1) is 0 Å². The van der Waals surface area contributed by atoms with Gasteiger partial charge < -0.3 is 14.8 Å². The zero-order valence-electron chi connectivity index (χ0n) is 10.1. The van der Waals surface area contributed by atoms with Gasteiger partial charge >= 0.3 is 0 Å². The number of nitrogens with one attached hydrogen (secondary N) is 1. The van der Waals surface area contributed by atoms with Crippen molar-refractivity contribution in [3.05, 3.63) is 24.2 Å². The predicted molar refractivity (Wildman–Crippen MR) is 56.7 cm³/mol. The number of benzene rings is 1. The molecular formula is C11H12N2O2. The molecule has 1 aromatic carbocycles. The molecule has 2 aliphatic rings. The monoisotopic (exact) mass is 206 g/mol. The van der Waals surface area contributed by atoms with Gasteiger partial charge in [-0.05, 0) is 12.1 Å². The summed E-state index contributed by atoms with van der Waals surface area (Å²) in [4.78, 5) is 4.29. The van der Waals surface area contributed by atoms with Crippen molar-refractivity contribution in [2.24, 2.45) is 4.99 Å². The Labute approximate surface area is 90.7 Å². The molecule has 1 atom stereocenters. The molecule has 0 unspecified atom stereocenters. The smallest absolute Gasteiger partial charge is 0.189 e. The van der Waals surface area contributed by atoms with Crippen molar-refractivity contribution in [2.45, 2.75) is 6.10 Å². The molecule has 4 heteroatoms. The highest BCUT2D eigenvalue weighted by molar-refractivity contribution is 5.88. The lowest BCUT2D eigenvalue weighted by Gasteiger charge is -2.26. The van der Waals surface area contributed by atoms with Crippen molar-refractivity contribution in [1.82, 2.24) is 5.32 Å². The summed E-state index contributed by atoms with van der Waals surface area (Å²) in [6, 6.07) is 3.30. The Hall–Kier alpha value is -1.71. The van der Waals surface area contributed by atoms with Gasteiger partial charge in [0.1, 0.15) is 12.4 Å². The molecule has 2 aliphatic heterocycles. The molecule has 0 saturated carbocycles. The van der Waals surface area contributed by atoms with Gasteiger partial charge in [-0.1, -0.05) is 12.1 Å². The maximum Gasteiger partial charge on any atom is 0.189 e. The molecule has 0 radical (unpaired) electrons. The normalized spacial score (nSPS) is 25.1. The molecule has 0 spiro atoms. The minimum Gasteiger partial charge on any atom is -0.485 e. The lowest BCUT2D eigenvalue weighted by atomic mass is 10.2. The van der Waals surface area contributed by atoms with E-state index in [0.29, 0.717) is 18.1 Å². The van der Waals surface area contributed by atoms with E-state index in [1.165, 1.54) is 12.1 Å². The van der Waals surface area contributed by atoms with E-state index in [4.69, 9.17) is 12.2 Å². The number of fused-ring (bicyclic) bond motifs is 1. The zero-order valence-corrected chi connectivity index (χ0v) is 8.12. The Kier molecular flexibility index (Phi) is 1.55. The second-order valence-electron chi connectivity index (χ2n) is 3.42. The summed E-state index contributed by atoms with van der Waals surface area (Å²) in [7, 11) is 0. The molecule has 1 aromatic rings. The van der Waals surface area contributed by atoms with Crippen LogP contribution in [0.15, 0.2) is 29.2 Å². The number of aliphatic imine (C=N–C) groups is 1. The van der Waals surface area contributed by atoms with Crippen LogP contribution in [0.25, 0.3) is 0 Å². The first-order valence-corrected chi connectivity index (χ1v) is 4.93. The van der Waals surface area contributed by atoms with Crippen molar-refractivity contribution < 1.29 is 12.2 Å². The Morgan fingerprint density at radius 2 is 2.27 bits per heavy atom. The van der Waals surface area contributed by atoms with Gasteiger partial charge in [0, 0.05) is 6.54 Å². The molecular weight excluding hydrogens is 192 g/mol. The number of para-hydroxylation sites is 2. The summed E-state index contributed by atoms with van der Waals surface area (Å²) in [6.45, 7) is 1.98. The number of amidine groups is 1. The molecule has 0 amide bonds. The average Bonchev–Trinajstić information content (AvgIpc) is 2.83. The van der Waals surface area contributed by atoms with Crippen LogP contribution in [-0.2, 0) is 0 Å². The lowest BCUT2D eigenvalue weighted by Crippen LogP contribution is -2.42. The van der Waals surface area contributed by atoms with Crippen LogP contribution in [0.2, 0.25) is 0 Å². The molecule has 2 heterocycles. The van der Waals surface area contributed by atoms with Crippen LogP contribution < -0.4 is 14.8 Å². The van der Waals surface area contributed by atoms with Gasteiger partial charge in [0.15, 0.2) is 17.6 Å². The number of rotatable bonds is 1. The fourth-order valence-corrected chi connectivity index (χ4v) is 1.68. The average molecular weight is 206 g/mol. The first kappa shape index (κ1) is 6.71. The Balaban J connectivity index is 1.87. The van der Waals surface area contributed by atoms with E-state index in [2.05, 4.69) is 10.3 Å². The van der Waals surface area contributed by atoms with Crippen molar-refractivity contribution in [2.75, 3.05) is 19.7 Å². The molecule has 78 valence electrons. The van der Waals surface area contributed by atoms with Gasteiger partial charge in [0.2, 0.25) is 0 Å². The molecule has 0 bridgehead atoms. The minimum atomic E-state index is -0.235. The van der Waals surface area contributed by atoms with E-state index in [-0.39, 0.29) is 18.2 Å². The maximum atomic E-state index is 7.57. The van der Waals surface area contributed by atoms with Crippen LogP contribution in [-0.4, -0.2) is 31.6 Å². The van der Waals surface area contributed by atoms with E-state index < -0.39 is 0 Å². The Bertz CT molecular complexity index is 491. The molecule has 0 aliphatic carbocycles. The van der Waals surface area contributed by atoms with Crippen molar-refractivity contribution in [3.63, 3.8) is 0 Å². The molecule has 1 N–H and O–H groups in total. The third kappa shape index (κ3) is 1.52. The van der Waals surface area contributed by atoms with Gasteiger partial charge in [-0.2, -0.15) is 0 Å². The van der Waals surface area contributed by atoms with Crippen LogP contribution in [0.3, 0.4) is 0 Å². The maximum absolute atomic E-state index is 7.57. The van der Waals surface area contributed by atoms with E-state index in [9.17, 15) is 0 Å². The fourth-order valence-electron chi connectivity index (χ4n) is 1.68. The summed E-state index contributed by atoms with van der Waals surface area (Å²) in [5, 5.41) is 3.14. The van der Waals surface area contributed by atoms with E-state index in [1.54, 1.807) is 0 Å². The van der Waals surface area contributed by atoms with Crippen LogP contribution in [0.5, 0.6) is 11.5 Å². The molecule has 3 rings (SSSR count). The Morgan fingerprint density at radius 1 is 1.40 bits per heavy atom. The topological polar surface area (TPSA) is 42.8 Å². The van der Waals surface area contributed by atoms with E-state index in [1.807, 2.05) is 0 Å². The lowest BCUT2D eigenvalue weighted by molar-refractivity contribution is 0.133. The highest BCUT2D eigenvalue weighted by Crippen LogP contribution is 2.31. The molecule has 15 heavy (non-hydrogen) atoms. The van der Waals surface area contributed by atoms with Crippen molar-refractivity contribution >= 4 is 5.84 Å². The summed E-state index contributed by atoms with van der Waals surface area (Å²) in [5.74, 6) is 1.84. The van der Waals surface area contributed by atoms with Gasteiger partial charge in [0.05, 0.1) is 9.29 Å². The zero-order chi connectivity index (χ0) is 11.8. The van der Waals surface area contributed by atoms with Gasteiger partial charge in [-0.3, -0.25) is 4.99 Å². The quantitative estimate of drug-likeness (QED) is 0.740. The van der Waals surface area contributed by atoms with Crippen LogP contribution in [0.1, 0.15) is 2.74 Å². The predicted octanol–water partition coefficient (Wildman–Crippen LogP) is 0.828. The first-order valence-electron chi connectivity index (χ1n) is 5.93. The summed E-state index contributed by atoms with van der Waals surface area (Å²) >= 11 is 0. The second-order valence-corrected chi connectivity index (χ2v) is 3.42. The standard InChI is InChI=1S/C11H12N2O2/c1-2-4-9-8(3-1)14-7-10(15-9)11-12-5-6-13-11/h1-4,10H,5-7H2,(H,12,13)/t10-/m1/s1/i1D,2D. The molecule has 4 nitrogen and oxygen atoms in total.